The second-order valence-corrected chi connectivity index (χ2v) is 10.2. The Morgan fingerprint density at radius 2 is 2.07 bits per heavy atom. The Morgan fingerprint density at radius 3 is 2.69 bits per heavy atom. The van der Waals surface area contributed by atoms with Crippen molar-refractivity contribution in [2.75, 3.05) is 13.7 Å². The first kappa shape index (κ1) is 21.8. The van der Waals surface area contributed by atoms with Gasteiger partial charge in [-0.3, -0.25) is 0 Å². The van der Waals surface area contributed by atoms with Crippen LogP contribution in [0, 0.1) is 0 Å². The van der Waals surface area contributed by atoms with Crippen molar-refractivity contribution in [1.29, 1.82) is 0 Å². The van der Waals surface area contributed by atoms with Crippen molar-refractivity contribution in [3.05, 3.63) is 41.6 Å². The van der Waals surface area contributed by atoms with E-state index in [0.29, 0.717) is 34.5 Å². The van der Waals surface area contributed by atoms with Crippen molar-refractivity contribution in [3.8, 4) is 17.1 Å². The van der Waals surface area contributed by atoms with E-state index in [2.05, 4.69) is 15.0 Å². The highest BCUT2D eigenvalue weighted by molar-refractivity contribution is 7.90. The van der Waals surface area contributed by atoms with Crippen LogP contribution >= 0.6 is 11.6 Å². The SMILES string of the molecule is CCN(C(C)c1cnc(OC)c(-c2cn3ccnc3c(Cl)n2)c1)[S@@+]([O-])C(C)(C)C. The second-order valence-electron chi connectivity index (χ2n) is 7.67. The zero-order chi connectivity index (χ0) is 21.3. The molecule has 0 bridgehead atoms. The summed E-state index contributed by atoms with van der Waals surface area (Å²) in [5.74, 6) is 0.448. The fourth-order valence-corrected chi connectivity index (χ4v) is 4.70. The van der Waals surface area contributed by atoms with Gasteiger partial charge in [-0.25, -0.2) is 15.0 Å². The van der Waals surface area contributed by atoms with Crippen LogP contribution in [0.25, 0.3) is 16.9 Å². The van der Waals surface area contributed by atoms with E-state index in [9.17, 15) is 4.55 Å². The summed E-state index contributed by atoms with van der Waals surface area (Å²) in [6.07, 6.45) is 7.08. The highest BCUT2D eigenvalue weighted by Gasteiger charge is 2.36. The Balaban J connectivity index is 2.06. The van der Waals surface area contributed by atoms with Gasteiger partial charge >= 0.3 is 0 Å². The molecule has 0 aliphatic rings. The third-order valence-electron chi connectivity index (χ3n) is 4.64. The molecule has 0 saturated heterocycles. The number of methoxy groups -OCH3 is 1. The quantitative estimate of drug-likeness (QED) is 0.537. The fourth-order valence-electron chi connectivity index (χ4n) is 3.12. The highest BCUT2D eigenvalue weighted by Crippen LogP contribution is 2.34. The molecular weight excluding hydrogens is 410 g/mol. The molecule has 0 radical (unpaired) electrons. The Kier molecular flexibility index (Phi) is 6.38. The van der Waals surface area contributed by atoms with Crippen LogP contribution in [0.15, 0.2) is 30.9 Å². The Morgan fingerprint density at radius 1 is 1.34 bits per heavy atom. The molecule has 3 heterocycles. The van der Waals surface area contributed by atoms with Crippen molar-refractivity contribution in [2.45, 2.75) is 45.4 Å². The third kappa shape index (κ3) is 4.35. The first-order chi connectivity index (χ1) is 13.7. The van der Waals surface area contributed by atoms with Gasteiger partial charge in [-0.05, 0) is 46.2 Å². The molecule has 0 fully saturated rings. The molecule has 0 amide bonds. The van der Waals surface area contributed by atoms with E-state index < -0.39 is 11.4 Å². The van der Waals surface area contributed by atoms with E-state index in [1.165, 1.54) is 0 Å². The number of pyridine rings is 1. The molecule has 0 aromatic carbocycles. The van der Waals surface area contributed by atoms with Crippen molar-refractivity contribution in [1.82, 2.24) is 23.7 Å². The number of ether oxygens (including phenoxy) is 1. The molecule has 7 nitrogen and oxygen atoms in total. The van der Waals surface area contributed by atoms with Crippen LogP contribution in [-0.2, 0) is 11.4 Å². The minimum atomic E-state index is -1.16. The van der Waals surface area contributed by atoms with Crippen molar-refractivity contribution >= 4 is 28.6 Å². The summed E-state index contributed by atoms with van der Waals surface area (Å²) in [5, 5.41) is 0.303. The summed E-state index contributed by atoms with van der Waals surface area (Å²) >= 11 is 5.16. The van der Waals surface area contributed by atoms with E-state index in [-0.39, 0.29) is 10.8 Å². The third-order valence-corrected chi connectivity index (χ3v) is 6.94. The highest BCUT2D eigenvalue weighted by atomic mass is 35.5. The van der Waals surface area contributed by atoms with Crippen LogP contribution in [0.5, 0.6) is 5.88 Å². The summed E-state index contributed by atoms with van der Waals surface area (Å²) in [4.78, 5) is 13.2. The molecule has 29 heavy (non-hydrogen) atoms. The molecule has 0 spiro atoms. The van der Waals surface area contributed by atoms with Gasteiger partial charge in [0.05, 0.1) is 24.4 Å². The van der Waals surface area contributed by atoms with Gasteiger partial charge in [-0.2, -0.15) is 0 Å². The number of imidazole rings is 1. The number of halogens is 1. The number of hydrogen-bond acceptors (Lipinski definition) is 6. The summed E-state index contributed by atoms with van der Waals surface area (Å²) in [5.41, 5.74) is 2.85. The largest absolute Gasteiger partial charge is 0.597 e. The maximum atomic E-state index is 13.0. The molecule has 0 aliphatic carbocycles. The molecule has 0 aliphatic heterocycles. The Hall–Kier alpha value is -1.87. The normalized spacial score (nSPS) is 14.4. The summed E-state index contributed by atoms with van der Waals surface area (Å²) in [6, 6.07) is 1.87. The zero-order valence-corrected chi connectivity index (χ0v) is 19.1. The Labute approximate surface area is 179 Å². The van der Waals surface area contributed by atoms with Crippen LogP contribution < -0.4 is 4.74 Å². The van der Waals surface area contributed by atoms with Gasteiger partial charge < -0.3 is 13.7 Å². The lowest BCUT2D eigenvalue weighted by Crippen LogP contribution is -2.44. The number of aromatic nitrogens is 4. The zero-order valence-electron chi connectivity index (χ0n) is 17.5. The molecule has 1 unspecified atom stereocenters. The maximum absolute atomic E-state index is 13.0. The number of nitrogens with zero attached hydrogens (tertiary/aromatic N) is 5. The van der Waals surface area contributed by atoms with Gasteiger partial charge in [0.25, 0.3) is 0 Å². The number of rotatable bonds is 6. The number of hydrogen-bond donors (Lipinski definition) is 0. The monoisotopic (exact) mass is 435 g/mol. The fraction of sp³-hybridized carbons (Fsp3) is 0.450. The van der Waals surface area contributed by atoms with Crippen LogP contribution in [-0.4, -0.2) is 46.6 Å². The van der Waals surface area contributed by atoms with Crippen LogP contribution in [0.2, 0.25) is 5.15 Å². The first-order valence-corrected chi connectivity index (χ1v) is 10.9. The topological polar surface area (TPSA) is 78.6 Å². The molecular formula is C20H26ClN5O2S. The lowest BCUT2D eigenvalue weighted by atomic mass is 10.1. The molecule has 3 aromatic rings. The lowest BCUT2D eigenvalue weighted by Gasteiger charge is -2.35. The lowest BCUT2D eigenvalue weighted by molar-refractivity contribution is 0.343. The molecule has 9 heteroatoms. The molecule has 3 rings (SSSR count). The van der Waals surface area contributed by atoms with Crippen LogP contribution in [0.4, 0.5) is 0 Å². The van der Waals surface area contributed by atoms with Gasteiger partial charge in [0, 0.05) is 42.7 Å². The van der Waals surface area contributed by atoms with E-state index in [1.807, 2.05) is 61.8 Å². The van der Waals surface area contributed by atoms with E-state index >= 15 is 0 Å². The summed E-state index contributed by atoms with van der Waals surface area (Å²) < 4.78 is 21.9. The summed E-state index contributed by atoms with van der Waals surface area (Å²) in [7, 11) is 1.57. The van der Waals surface area contributed by atoms with E-state index in [0.717, 1.165) is 5.56 Å². The van der Waals surface area contributed by atoms with Gasteiger partial charge in [0.15, 0.2) is 10.8 Å². The minimum Gasteiger partial charge on any atom is -0.597 e. The Bertz CT molecular complexity index is 1000. The smallest absolute Gasteiger partial charge is 0.222 e. The standard InChI is InChI=1S/C20H26ClN5O2S/c1-7-26(29(27)20(3,4)5)13(2)14-10-15(19(28-6)23-11-14)16-12-25-9-8-22-18(25)17(21)24-16/h8-13H,7H2,1-6H3/t13?,29-/m0/s1. The van der Waals surface area contributed by atoms with Gasteiger partial charge in [-0.1, -0.05) is 11.6 Å². The summed E-state index contributed by atoms with van der Waals surface area (Å²) in [6.45, 7) is 10.6. The number of fused-ring (bicyclic) bond motifs is 1. The van der Waals surface area contributed by atoms with Crippen LogP contribution in [0.3, 0.4) is 0 Å². The van der Waals surface area contributed by atoms with Crippen molar-refractivity contribution in [2.24, 2.45) is 0 Å². The van der Waals surface area contributed by atoms with Crippen molar-refractivity contribution < 1.29 is 9.29 Å². The molecule has 0 N–H and O–H groups in total. The van der Waals surface area contributed by atoms with Crippen molar-refractivity contribution in [3.63, 3.8) is 0 Å². The van der Waals surface area contributed by atoms with Crippen LogP contribution in [0.1, 0.15) is 46.2 Å². The predicted molar refractivity (Wildman–Crippen MR) is 116 cm³/mol. The average Bonchev–Trinajstić information content (AvgIpc) is 3.16. The van der Waals surface area contributed by atoms with Gasteiger partial charge in [0.2, 0.25) is 5.88 Å². The first-order valence-electron chi connectivity index (χ1n) is 9.39. The molecule has 156 valence electrons. The molecule has 0 saturated carbocycles. The predicted octanol–water partition coefficient (Wildman–Crippen LogP) is 4.30. The maximum Gasteiger partial charge on any atom is 0.222 e. The average molecular weight is 436 g/mol. The second kappa shape index (κ2) is 8.47. The van der Waals surface area contributed by atoms with Gasteiger partial charge in [-0.15, -0.1) is 4.31 Å². The van der Waals surface area contributed by atoms with E-state index in [1.54, 1.807) is 19.5 Å². The van der Waals surface area contributed by atoms with E-state index in [4.69, 9.17) is 16.3 Å². The molecule has 3 aromatic heterocycles. The molecule has 2 atom stereocenters. The minimum absolute atomic E-state index is 0.107. The van der Waals surface area contributed by atoms with Gasteiger partial charge in [0.1, 0.15) is 4.75 Å².